The van der Waals surface area contributed by atoms with Crippen molar-refractivity contribution in [2.24, 2.45) is 0 Å². The molecule has 0 amide bonds. The Kier molecular flexibility index (Phi) is 3.18. The zero-order chi connectivity index (χ0) is 12.6. The van der Waals surface area contributed by atoms with Gasteiger partial charge in [0.1, 0.15) is 0 Å². The highest BCUT2D eigenvalue weighted by Gasteiger charge is 2.33. The predicted molar refractivity (Wildman–Crippen MR) is 57.9 cm³/mol. The summed E-state index contributed by atoms with van der Waals surface area (Å²) in [7, 11) is -1.86. The lowest BCUT2D eigenvalue weighted by Crippen LogP contribution is -2.32. The second-order valence-electron chi connectivity index (χ2n) is 4.39. The molecular weight excluding hydrogens is 232 g/mol. The first-order chi connectivity index (χ1) is 7.88. The van der Waals surface area contributed by atoms with Crippen LogP contribution in [0.4, 0.5) is 13.2 Å². The molecule has 0 unspecified atom stereocenters. The van der Waals surface area contributed by atoms with Crippen LogP contribution < -0.4 is 5.46 Å². The van der Waals surface area contributed by atoms with Crippen LogP contribution in [0.15, 0.2) is 18.2 Å². The molecule has 0 aliphatic heterocycles. The van der Waals surface area contributed by atoms with Crippen LogP contribution in [0.3, 0.4) is 0 Å². The van der Waals surface area contributed by atoms with Gasteiger partial charge in [0.25, 0.3) is 0 Å². The van der Waals surface area contributed by atoms with Crippen molar-refractivity contribution in [2.75, 3.05) is 0 Å². The summed E-state index contributed by atoms with van der Waals surface area (Å²) >= 11 is 0. The summed E-state index contributed by atoms with van der Waals surface area (Å²) in [4.78, 5) is 0. The van der Waals surface area contributed by atoms with Gasteiger partial charge in [-0.3, -0.25) is 0 Å². The van der Waals surface area contributed by atoms with Crippen LogP contribution in [0.5, 0.6) is 0 Å². The minimum Gasteiger partial charge on any atom is -0.423 e. The molecular formula is C11H12BF3O2. The van der Waals surface area contributed by atoms with Gasteiger partial charge in [-0.25, -0.2) is 0 Å². The maximum Gasteiger partial charge on any atom is 0.488 e. The summed E-state index contributed by atoms with van der Waals surface area (Å²) in [6.07, 6.45) is -1.72. The predicted octanol–water partition coefficient (Wildman–Crippen LogP) is 1.65. The van der Waals surface area contributed by atoms with Crippen molar-refractivity contribution in [1.82, 2.24) is 0 Å². The van der Waals surface area contributed by atoms with Gasteiger partial charge in [0.05, 0.1) is 5.56 Å². The number of hydrogen-bond donors (Lipinski definition) is 2. The molecule has 1 saturated carbocycles. The lowest BCUT2D eigenvalue weighted by Gasteiger charge is -2.27. The van der Waals surface area contributed by atoms with E-state index in [1.165, 1.54) is 6.07 Å². The quantitative estimate of drug-likeness (QED) is 0.776. The molecule has 2 N–H and O–H groups in total. The van der Waals surface area contributed by atoms with Gasteiger partial charge in [-0.15, -0.1) is 0 Å². The van der Waals surface area contributed by atoms with Crippen LogP contribution in [-0.2, 0) is 6.18 Å². The van der Waals surface area contributed by atoms with Gasteiger partial charge >= 0.3 is 13.3 Å². The number of hydrogen-bond acceptors (Lipinski definition) is 2. The molecule has 1 aliphatic rings. The van der Waals surface area contributed by atoms with Crippen molar-refractivity contribution in [1.29, 1.82) is 0 Å². The van der Waals surface area contributed by atoms with Gasteiger partial charge in [0.15, 0.2) is 0 Å². The number of rotatable bonds is 2. The first-order valence-electron chi connectivity index (χ1n) is 5.46. The van der Waals surface area contributed by atoms with Crippen molar-refractivity contribution in [3.8, 4) is 0 Å². The fraction of sp³-hybridized carbons (Fsp3) is 0.455. The highest BCUT2D eigenvalue weighted by Crippen LogP contribution is 2.38. The molecule has 1 aliphatic carbocycles. The van der Waals surface area contributed by atoms with E-state index in [1.54, 1.807) is 0 Å². The van der Waals surface area contributed by atoms with Crippen molar-refractivity contribution in [2.45, 2.75) is 31.4 Å². The third-order valence-corrected chi connectivity index (χ3v) is 3.18. The van der Waals surface area contributed by atoms with Crippen LogP contribution >= 0.6 is 0 Å². The van der Waals surface area contributed by atoms with E-state index >= 15 is 0 Å². The largest absolute Gasteiger partial charge is 0.488 e. The van der Waals surface area contributed by atoms with Gasteiger partial charge in [-0.2, -0.15) is 13.2 Å². The van der Waals surface area contributed by atoms with Gasteiger partial charge in [-0.1, -0.05) is 18.6 Å². The Morgan fingerprint density at radius 3 is 2.18 bits per heavy atom. The van der Waals surface area contributed by atoms with Gasteiger partial charge in [0.2, 0.25) is 0 Å². The van der Waals surface area contributed by atoms with Crippen LogP contribution in [0.2, 0.25) is 0 Å². The fourth-order valence-electron chi connectivity index (χ4n) is 1.97. The van der Waals surface area contributed by atoms with E-state index in [0.29, 0.717) is 5.56 Å². The molecule has 2 nitrogen and oxygen atoms in total. The molecule has 6 heteroatoms. The van der Waals surface area contributed by atoms with Crippen molar-refractivity contribution >= 4 is 12.6 Å². The summed E-state index contributed by atoms with van der Waals surface area (Å²) in [6.45, 7) is 0. The Morgan fingerprint density at radius 1 is 1.12 bits per heavy atom. The molecule has 1 fully saturated rings. The van der Waals surface area contributed by atoms with E-state index in [4.69, 9.17) is 10.0 Å². The molecule has 92 valence electrons. The summed E-state index contributed by atoms with van der Waals surface area (Å²) in [5, 5.41) is 18.0. The topological polar surface area (TPSA) is 40.5 Å². The van der Waals surface area contributed by atoms with Crippen LogP contribution in [0.25, 0.3) is 0 Å². The van der Waals surface area contributed by atoms with Gasteiger partial charge in [0, 0.05) is 0 Å². The highest BCUT2D eigenvalue weighted by atomic mass is 19.4. The monoisotopic (exact) mass is 244 g/mol. The van der Waals surface area contributed by atoms with Crippen LogP contribution in [0.1, 0.15) is 36.3 Å². The minimum absolute atomic E-state index is 0.0956. The summed E-state index contributed by atoms with van der Waals surface area (Å²) in [6, 6.07) is 3.34. The third-order valence-electron chi connectivity index (χ3n) is 3.18. The molecule has 0 atom stereocenters. The molecule has 1 aromatic rings. The number of alkyl halides is 3. The Labute approximate surface area is 97.2 Å². The Hall–Kier alpha value is -1.01. The standard InChI is InChI=1S/C11H12BF3O2/c13-11(14,15)9-4-8(7-2-1-3-7)5-10(6-9)12(16)17/h4-7,16-17H,1-3H2. The molecule has 0 bridgehead atoms. The van der Waals surface area contributed by atoms with Crippen molar-refractivity contribution < 1.29 is 23.2 Å². The molecule has 2 rings (SSSR count). The molecule has 17 heavy (non-hydrogen) atoms. The minimum atomic E-state index is -4.45. The van der Waals surface area contributed by atoms with Gasteiger partial charge < -0.3 is 10.0 Å². The lowest BCUT2D eigenvalue weighted by molar-refractivity contribution is -0.137. The molecule has 0 heterocycles. The first-order valence-corrected chi connectivity index (χ1v) is 5.46. The lowest BCUT2D eigenvalue weighted by atomic mass is 9.73. The maximum absolute atomic E-state index is 12.6. The zero-order valence-corrected chi connectivity index (χ0v) is 9.04. The van der Waals surface area contributed by atoms with Crippen LogP contribution in [-0.4, -0.2) is 17.2 Å². The highest BCUT2D eigenvalue weighted by molar-refractivity contribution is 6.58. The van der Waals surface area contributed by atoms with Gasteiger partial charge in [-0.05, 0) is 35.9 Å². The fourth-order valence-corrected chi connectivity index (χ4v) is 1.97. The normalized spacial score (nSPS) is 16.8. The van der Waals surface area contributed by atoms with E-state index in [1.807, 2.05) is 0 Å². The van der Waals surface area contributed by atoms with E-state index in [0.717, 1.165) is 31.4 Å². The smallest absolute Gasteiger partial charge is 0.423 e. The molecule has 0 spiro atoms. The van der Waals surface area contributed by atoms with Crippen molar-refractivity contribution in [3.05, 3.63) is 29.3 Å². The molecule has 0 saturated heterocycles. The van der Waals surface area contributed by atoms with E-state index in [2.05, 4.69) is 0 Å². The van der Waals surface area contributed by atoms with Crippen molar-refractivity contribution in [3.63, 3.8) is 0 Å². The molecule has 0 radical (unpaired) electrons. The van der Waals surface area contributed by atoms with E-state index < -0.39 is 18.9 Å². The summed E-state index contributed by atoms with van der Waals surface area (Å²) in [5.74, 6) is 0.120. The summed E-state index contributed by atoms with van der Waals surface area (Å²) < 4.78 is 37.9. The van der Waals surface area contributed by atoms with E-state index in [9.17, 15) is 13.2 Å². The third kappa shape index (κ3) is 2.64. The average Bonchev–Trinajstić information content (AvgIpc) is 2.13. The second kappa shape index (κ2) is 4.35. The number of halogens is 3. The SMILES string of the molecule is OB(O)c1cc(C2CCC2)cc(C(F)(F)F)c1. The Morgan fingerprint density at radius 2 is 1.76 bits per heavy atom. The van der Waals surface area contributed by atoms with E-state index in [-0.39, 0.29) is 11.4 Å². The summed E-state index contributed by atoms with van der Waals surface area (Å²) in [5.41, 5.74) is -0.360. The Balaban J connectivity index is 2.42. The first kappa shape index (κ1) is 12.5. The number of benzene rings is 1. The maximum atomic E-state index is 12.6. The molecule has 1 aromatic carbocycles. The Bertz CT molecular complexity index is 414. The average molecular weight is 244 g/mol. The molecule has 0 aromatic heterocycles. The zero-order valence-electron chi connectivity index (χ0n) is 9.04. The second-order valence-corrected chi connectivity index (χ2v) is 4.39. The van der Waals surface area contributed by atoms with Crippen LogP contribution in [0, 0.1) is 0 Å².